The van der Waals surface area contributed by atoms with Gasteiger partial charge in [0.15, 0.2) is 5.79 Å². The van der Waals surface area contributed by atoms with E-state index < -0.39 is 5.79 Å². The van der Waals surface area contributed by atoms with Crippen LogP contribution in [0.2, 0.25) is 0 Å². The van der Waals surface area contributed by atoms with Gasteiger partial charge in [0.05, 0.1) is 12.7 Å². The number of aryl methyl sites for hydroxylation is 2. The number of nitrogens with two attached hydrogens (primary N) is 1. The van der Waals surface area contributed by atoms with Crippen LogP contribution in [0.3, 0.4) is 0 Å². The van der Waals surface area contributed by atoms with E-state index in [1.807, 2.05) is 6.92 Å². The Hall–Kier alpha value is -0.900. The highest BCUT2D eigenvalue weighted by Gasteiger charge is 2.38. The fourth-order valence-corrected chi connectivity index (χ4v) is 2.14. The van der Waals surface area contributed by atoms with Gasteiger partial charge in [-0.2, -0.15) is 0 Å². The van der Waals surface area contributed by atoms with Gasteiger partial charge < -0.3 is 15.2 Å². The Labute approximate surface area is 96.5 Å². The largest absolute Gasteiger partial charge is 0.343 e. The average Bonchev–Trinajstić information content (AvgIpc) is 2.60. The molecule has 3 heteroatoms. The Morgan fingerprint density at radius 2 is 1.94 bits per heavy atom. The number of benzene rings is 1. The second-order valence-corrected chi connectivity index (χ2v) is 4.61. The molecule has 0 aromatic heterocycles. The van der Waals surface area contributed by atoms with Gasteiger partial charge in [0.25, 0.3) is 0 Å². The van der Waals surface area contributed by atoms with Crippen LogP contribution >= 0.6 is 0 Å². The van der Waals surface area contributed by atoms with Crippen molar-refractivity contribution in [2.45, 2.75) is 32.7 Å². The summed E-state index contributed by atoms with van der Waals surface area (Å²) in [6, 6.07) is 6.35. The molecular weight excluding hydrogens is 202 g/mol. The molecular formula is C13H19NO2. The third kappa shape index (κ3) is 2.12. The molecule has 0 bridgehead atoms. The maximum atomic E-state index is 5.85. The van der Waals surface area contributed by atoms with Crippen molar-refractivity contribution in [2.75, 3.05) is 13.2 Å². The molecule has 2 rings (SSSR count). The first-order valence-corrected chi connectivity index (χ1v) is 5.64. The Morgan fingerprint density at radius 3 is 2.44 bits per heavy atom. The minimum absolute atomic E-state index is 0.00539. The standard InChI is InChI=1S/C13H19NO2/c1-9-4-10(2)6-11(5-9)13(3)15-8-12(7-14)16-13/h4-6,12H,7-8,14H2,1-3H3. The first-order chi connectivity index (χ1) is 7.53. The third-order valence-corrected chi connectivity index (χ3v) is 2.95. The number of hydrogen-bond donors (Lipinski definition) is 1. The van der Waals surface area contributed by atoms with E-state index in [4.69, 9.17) is 15.2 Å². The van der Waals surface area contributed by atoms with Gasteiger partial charge in [-0.1, -0.05) is 29.3 Å². The summed E-state index contributed by atoms with van der Waals surface area (Å²) in [5.74, 6) is -0.638. The van der Waals surface area contributed by atoms with E-state index in [1.54, 1.807) is 0 Å². The zero-order valence-electron chi connectivity index (χ0n) is 10.1. The maximum absolute atomic E-state index is 5.85. The lowest BCUT2D eigenvalue weighted by Gasteiger charge is -2.24. The van der Waals surface area contributed by atoms with Crippen LogP contribution in [-0.4, -0.2) is 19.3 Å². The van der Waals surface area contributed by atoms with Gasteiger partial charge in [0, 0.05) is 12.1 Å². The lowest BCUT2D eigenvalue weighted by atomic mass is 10.0. The zero-order chi connectivity index (χ0) is 11.8. The molecule has 0 saturated carbocycles. The second-order valence-electron chi connectivity index (χ2n) is 4.61. The molecule has 3 nitrogen and oxygen atoms in total. The van der Waals surface area contributed by atoms with Crippen molar-refractivity contribution >= 4 is 0 Å². The van der Waals surface area contributed by atoms with E-state index in [0.717, 1.165) is 5.56 Å². The summed E-state index contributed by atoms with van der Waals surface area (Å²) in [5, 5.41) is 0. The molecule has 0 amide bonds. The summed E-state index contributed by atoms with van der Waals surface area (Å²) in [6.07, 6.45) is 0.00539. The first-order valence-electron chi connectivity index (χ1n) is 5.64. The predicted molar refractivity (Wildman–Crippen MR) is 63.1 cm³/mol. The monoisotopic (exact) mass is 221 g/mol. The molecule has 1 aromatic carbocycles. The highest BCUT2D eigenvalue weighted by molar-refractivity contribution is 5.31. The number of ether oxygens (including phenoxy) is 2. The maximum Gasteiger partial charge on any atom is 0.192 e. The van der Waals surface area contributed by atoms with E-state index in [0.29, 0.717) is 13.2 Å². The first kappa shape index (κ1) is 11.6. The zero-order valence-corrected chi connectivity index (χ0v) is 10.1. The normalized spacial score (nSPS) is 29.6. The molecule has 0 aliphatic carbocycles. The van der Waals surface area contributed by atoms with Gasteiger partial charge in [-0.25, -0.2) is 0 Å². The summed E-state index contributed by atoms with van der Waals surface area (Å²) in [4.78, 5) is 0. The molecule has 88 valence electrons. The Kier molecular flexibility index (Phi) is 3.02. The molecule has 1 saturated heterocycles. The topological polar surface area (TPSA) is 44.5 Å². The fourth-order valence-electron chi connectivity index (χ4n) is 2.14. The fraction of sp³-hybridized carbons (Fsp3) is 0.538. The summed E-state index contributed by atoms with van der Waals surface area (Å²) >= 11 is 0. The van der Waals surface area contributed by atoms with Crippen LogP contribution in [0.15, 0.2) is 18.2 Å². The third-order valence-electron chi connectivity index (χ3n) is 2.95. The lowest BCUT2D eigenvalue weighted by molar-refractivity contribution is -0.160. The smallest absolute Gasteiger partial charge is 0.192 e. The van der Waals surface area contributed by atoms with Crippen LogP contribution in [0.4, 0.5) is 0 Å². The molecule has 1 fully saturated rings. The van der Waals surface area contributed by atoms with Crippen molar-refractivity contribution in [3.05, 3.63) is 34.9 Å². The van der Waals surface area contributed by atoms with Gasteiger partial charge in [-0.3, -0.25) is 0 Å². The summed E-state index contributed by atoms with van der Waals surface area (Å²) < 4.78 is 11.6. The van der Waals surface area contributed by atoms with E-state index in [2.05, 4.69) is 32.0 Å². The van der Waals surface area contributed by atoms with Crippen molar-refractivity contribution in [3.63, 3.8) is 0 Å². The van der Waals surface area contributed by atoms with Crippen molar-refractivity contribution in [1.82, 2.24) is 0 Å². The molecule has 1 aliphatic heterocycles. The van der Waals surface area contributed by atoms with Crippen LogP contribution in [0, 0.1) is 13.8 Å². The molecule has 1 aromatic rings. The van der Waals surface area contributed by atoms with Crippen LogP contribution in [0.1, 0.15) is 23.6 Å². The molecule has 0 spiro atoms. The van der Waals surface area contributed by atoms with Crippen molar-refractivity contribution in [1.29, 1.82) is 0 Å². The lowest BCUT2D eigenvalue weighted by Crippen LogP contribution is -2.27. The molecule has 16 heavy (non-hydrogen) atoms. The molecule has 2 atom stereocenters. The van der Waals surface area contributed by atoms with Gasteiger partial charge >= 0.3 is 0 Å². The van der Waals surface area contributed by atoms with E-state index in [-0.39, 0.29) is 6.10 Å². The highest BCUT2D eigenvalue weighted by Crippen LogP contribution is 2.34. The van der Waals surface area contributed by atoms with Crippen molar-refractivity contribution < 1.29 is 9.47 Å². The van der Waals surface area contributed by atoms with Gasteiger partial charge in [-0.15, -0.1) is 0 Å². The number of hydrogen-bond acceptors (Lipinski definition) is 3. The average molecular weight is 221 g/mol. The van der Waals surface area contributed by atoms with Crippen LogP contribution in [0.5, 0.6) is 0 Å². The van der Waals surface area contributed by atoms with Gasteiger partial charge in [0.2, 0.25) is 0 Å². The van der Waals surface area contributed by atoms with E-state index in [1.165, 1.54) is 11.1 Å². The van der Waals surface area contributed by atoms with E-state index >= 15 is 0 Å². The summed E-state index contributed by atoms with van der Waals surface area (Å²) in [7, 11) is 0. The molecule has 0 radical (unpaired) electrons. The minimum Gasteiger partial charge on any atom is -0.343 e. The Bertz CT molecular complexity index is 371. The minimum atomic E-state index is -0.638. The summed E-state index contributed by atoms with van der Waals surface area (Å²) in [5.41, 5.74) is 9.10. The molecule has 2 unspecified atom stereocenters. The second kappa shape index (κ2) is 4.17. The van der Waals surface area contributed by atoms with Gasteiger partial charge in [-0.05, 0) is 20.8 Å². The SMILES string of the molecule is Cc1cc(C)cc(C2(C)OCC(CN)O2)c1. The Morgan fingerprint density at radius 1 is 1.31 bits per heavy atom. The van der Waals surface area contributed by atoms with E-state index in [9.17, 15) is 0 Å². The van der Waals surface area contributed by atoms with Crippen LogP contribution < -0.4 is 5.73 Å². The Balaban J connectivity index is 2.29. The highest BCUT2D eigenvalue weighted by atomic mass is 16.7. The molecule has 1 aliphatic rings. The quantitative estimate of drug-likeness (QED) is 0.829. The van der Waals surface area contributed by atoms with Gasteiger partial charge in [0.1, 0.15) is 0 Å². The predicted octanol–water partition coefficient (Wildman–Crippen LogP) is 1.85. The summed E-state index contributed by atoms with van der Waals surface area (Å²) in [6.45, 7) is 7.18. The molecule has 2 N–H and O–H groups in total. The molecule has 1 heterocycles. The van der Waals surface area contributed by atoms with Crippen LogP contribution in [-0.2, 0) is 15.3 Å². The van der Waals surface area contributed by atoms with Crippen molar-refractivity contribution in [2.24, 2.45) is 5.73 Å². The van der Waals surface area contributed by atoms with Crippen LogP contribution in [0.25, 0.3) is 0 Å². The van der Waals surface area contributed by atoms with Crippen molar-refractivity contribution in [3.8, 4) is 0 Å². The number of rotatable bonds is 2.